The van der Waals surface area contributed by atoms with Gasteiger partial charge in [0.25, 0.3) is 0 Å². The number of carbonyl (C=O) groups is 1. The predicted octanol–water partition coefficient (Wildman–Crippen LogP) is -2.91. The van der Waals surface area contributed by atoms with Gasteiger partial charge in [0.05, 0.1) is 6.61 Å². The van der Waals surface area contributed by atoms with Crippen molar-refractivity contribution in [2.24, 2.45) is 5.73 Å². The number of fused-ring (bicyclic) bond motifs is 1. The summed E-state index contributed by atoms with van der Waals surface area (Å²) in [4.78, 5) is 24.6. The number of Topliss-reactive ketones (excluding diaryl/α,β-unsaturated/α-hetero) is 1. The van der Waals surface area contributed by atoms with Gasteiger partial charge in [0, 0.05) is 6.42 Å². The largest absolute Gasteiger partial charge is 0.394 e. The molecule has 0 bridgehead atoms. The molecule has 24 heavy (non-hydrogen) atoms. The molecule has 3 rings (SSSR count). The molecule has 1 aliphatic rings. The Morgan fingerprint density at radius 3 is 2.75 bits per heavy atom. The lowest BCUT2D eigenvalue weighted by Crippen LogP contribution is -2.52. The maximum Gasteiger partial charge on any atom is 0.236 e. The molecule has 2 aromatic rings. The van der Waals surface area contributed by atoms with Crippen LogP contribution >= 0.6 is 0 Å². The highest BCUT2D eigenvalue weighted by atomic mass is 16.6. The van der Waals surface area contributed by atoms with Gasteiger partial charge in [0.2, 0.25) is 5.72 Å². The molecule has 7 N–H and O–H groups in total. The Morgan fingerprint density at radius 1 is 1.38 bits per heavy atom. The second kappa shape index (κ2) is 6.03. The van der Waals surface area contributed by atoms with Gasteiger partial charge in [0.1, 0.15) is 36.5 Å². The summed E-state index contributed by atoms with van der Waals surface area (Å²) in [6, 6.07) is 0. The average Bonchev–Trinajstić information content (AvgIpc) is 3.10. The number of nitrogen functional groups attached to an aromatic ring is 1. The van der Waals surface area contributed by atoms with Crippen LogP contribution in [-0.2, 0) is 15.3 Å². The van der Waals surface area contributed by atoms with Gasteiger partial charge in [-0.15, -0.1) is 0 Å². The number of hydrogen-bond acceptors (Lipinski definition) is 10. The summed E-state index contributed by atoms with van der Waals surface area (Å²) in [5.41, 5.74) is 9.55. The maximum atomic E-state index is 12.7. The number of hydrogen-bond donors (Lipinski definition) is 5. The lowest BCUT2D eigenvalue weighted by Gasteiger charge is -2.32. The standard InChI is InChI=1S/C13H18N6O5/c14-2-1-7(21)13(10(23)9(22)6(3-20)24-13)19-5-18-8-11(15)16-4-17-12(8)19/h4-6,9-10,20,22-23H,1-3,14H2,(H2,15,16,17)/t6-,9-,10-,13-/m1/s1. The number of imidazole rings is 1. The molecular weight excluding hydrogens is 320 g/mol. The Labute approximate surface area is 135 Å². The van der Waals surface area contributed by atoms with Crippen LogP contribution in [0.2, 0.25) is 0 Å². The van der Waals surface area contributed by atoms with E-state index in [-0.39, 0.29) is 29.9 Å². The number of ketones is 1. The number of aliphatic hydroxyl groups is 3. The van der Waals surface area contributed by atoms with E-state index < -0.39 is 36.4 Å². The zero-order valence-electron chi connectivity index (χ0n) is 12.6. The van der Waals surface area contributed by atoms with E-state index in [2.05, 4.69) is 15.0 Å². The maximum absolute atomic E-state index is 12.7. The van der Waals surface area contributed by atoms with Crippen molar-refractivity contribution in [1.82, 2.24) is 19.5 Å². The van der Waals surface area contributed by atoms with Gasteiger partial charge in [-0.3, -0.25) is 9.36 Å². The zero-order valence-corrected chi connectivity index (χ0v) is 12.6. The van der Waals surface area contributed by atoms with Gasteiger partial charge < -0.3 is 31.5 Å². The van der Waals surface area contributed by atoms with Gasteiger partial charge >= 0.3 is 0 Å². The molecule has 0 spiro atoms. The Hall–Kier alpha value is -2.18. The summed E-state index contributed by atoms with van der Waals surface area (Å²) in [5.74, 6) is -0.490. The van der Waals surface area contributed by atoms with Crippen molar-refractivity contribution in [3.63, 3.8) is 0 Å². The molecule has 0 aliphatic carbocycles. The molecule has 1 aliphatic heterocycles. The van der Waals surface area contributed by atoms with Crippen molar-refractivity contribution in [2.75, 3.05) is 18.9 Å². The molecule has 130 valence electrons. The number of ether oxygens (including phenoxy) is 1. The smallest absolute Gasteiger partial charge is 0.236 e. The highest BCUT2D eigenvalue weighted by Crippen LogP contribution is 2.39. The number of rotatable bonds is 5. The molecule has 11 nitrogen and oxygen atoms in total. The summed E-state index contributed by atoms with van der Waals surface area (Å²) in [6.07, 6.45) is -2.01. The molecule has 1 saturated heterocycles. The molecule has 0 saturated carbocycles. The van der Waals surface area contributed by atoms with Crippen LogP contribution in [0.5, 0.6) is 0 Å². The lowest BCUT2D eigenvalue weighted by molar-refractivity contribution is -0.173. The van der Waals surface area contributed by atoms with E-state index in [1.807, 2.05) is 0 Å². The Morgan fingerprint density at radius 2 is 2.12 bits per heavy atom. The molecule has 0 unspecified atom stereocenters. The van der Waals surface area contributed by atoms with Crippen LogP contribution in [0.4, 0.5) is 5.82 Å². The van der Waals surface area contributed by atoms with Crippen molar-refractivity contribution in [3.8, 4) is 0 Å². The normalized spacial score (nSPS) is 30.1. The van der Waals surface area contributed by atoms with Gasteiger partial charge in [-0.25, -0.2) is 15.0 Å². The van der Waals surface area contributed by atoms with Gasteiger partial charge in [0.15, 0.2) is 17.2 Å². The quantitative estimate of drug-likeness (QED) is 0.379. The zero-order chi connectivity index (χ0) is 17.5. The third-order valence-electron chi connectivity index (χ3n) is 4.11. The summed E-state index contributed by atoms with van der Waals surface area (Å²) < 4.78 is 6.79. The van der Waals surface area contributed by atoms with Gasteiger partial charge in [-0.2, -0.15) is 0 Å². The summed E-state index contributed by atoms with van der Waals surface area (Å²) >= 11 is 0. The van der Waals surface area contributed by atoms with Gasteiger partial charge in [-0.1, -0.05) is 0 Å². The second-order valence-electron chi connectivity index (χ2n) is 5.48. The summed E-state index contributed by atoms with van der Waals surface area (Å²) in [6.45, 7) is -0.570. The first kappa shape index (κ1) is 16.7. The van der Waals surface area contributed by atoms with Crippen molar-refractivity contribution in [2.45, 2.75) is 30.5 Å². The van der Waals surface area contributed by atoms with E-state index in [4.69, 9.17) is 16.2 Å². The SMILES string of the molecule is NCCC(=O)[C@@]1(n2cnc3c(N)ncnc32)O[C@H](CO)[C@@H](O)[C@H]1O. The monoisotopic (exact) mass is 338 g/mol. The first-order valence-corrected chi connectivity index (χ1v) is 7.29. The Kier molecular flexibility index (Phi) is 4.19. The molecule has 0 radical (unpaired) electrons. The highest BCUT2D eigenvalue weighted by molar-refractivity contribution is 5.89. The van der Waals surface area contributed by atoms with E-state index in [1.54, 1.807) is 0 Å². The molecule has 11 heteroatoms. The van der Waals surface area contributed by atoms with Crippen LogP contribution < -0.4 is 11.5 Å². The molecule has 3 heterocycles. The number of nitrogens with two attached hydrogens (primary N) is 2. The molecule has 4 atom stereocenters. The third kappa shape index (κ3) is 2.17. The minimum atomic E-state index is -2.01. The van der Waals surface area contributed by atoms with Crippen molar-refractivity contribution >= 4 is 22.8 Å². The van der Waals surface area contributed by atoms with E-state index in [1.165, 1.54) is 17.2 Å². The van der Waals surface area contributed by atoms with E-state index in [0.29, 0.717) is 0 Å². The predicted molar refractivity (Wildman–Crippen MR) is 80.4 cm³/mol. The summed E-state index contributed by atoms with van der Waals surface area (Å²) in [5, 5.41) is 30.0. The van der Waals surface area contributed by atoms with E-state index in [0.717, 1.165) is 0 Å². The third-order valence-corrected chi connectivity index (χ3v) is 4.11. The topological polar surface area (TPSA) is 183 Å². The number of anilines is 1. The van der Waals surface area contributed by atoms with Crippen LogP contribution in [-0.4, -0.2) is 72.1 Å². The minimum Gasteiger partial charge on any atom is -0.394 e. The van der Waals surface area contributed by atoms with Crippen LogP contribution in [0.1, 0.15) is 6.42 Å². The summed E-state index contributed by atoms with van der Waals surface area (Å²) in [7, 11) is 0. The van der Waals surface area contributed by atoms with E-state index >= 15 is 0 Å². The molecule has 0 amide bonds. The molecular formula is C13H18N6O5. The van der Waals surface area contributed by atoms with Crippen LogP contribution in [0.3, 0.4) is 0 Å². The van der Waals surface area contributed by atoms with Gasteiger partial charge in [-0.05, 0) is 6.54 Å². The van der Waals surface area contributed by atoms with Crippen molar-refractivity contribution in [3.05, 3.63) is 12.7 Å². The van der Waals surface area contributed by atoms with Crippen molar-refractivity contribution in [1.29, 1.82) is 0 Å². The number of aromatic nitrogens is 4. The average molecular weight is 338 g/mol. The highest BCUT2D eigenvalue weighted by Gasteiger charge is 2.60. The Balaban J connectivity index is 2.22. The van der Waals surface area contributed by atoms with Crippen LogP contribution in [0, 0.1) is 0 Å². The van der Waals surface area contributed by atoms with Crippen LogP contribution in [0.25, 0.3) is 11.2 Å². The van der Waals surface area contributed by atoms with E-state index in [9.17, 15) is 20.1 Å². The fourth-order valence-electron chi connectivity index (χ4n) is 2.92. The Bertz CT molecular complexity index is 766. The van der Waals surface area contributed by atoms with Crippen molar-refractivity contribution < 1.29 is 24.9 Å². The fourth-order valence-corrected chi connectivity index (χ4v) is 2.92. The molecule has 0 aromatic carbocycles. The number of nitrogens with zero attached hydrogens (tertiary/aromatic N) is 4. The number of carbonyl (C=O) groups excluding carboxylic acids is 1. The molecule has 1 fully saturated rings. The first-order valence-electron chi connectivity index (χ1n) is 7.29. The lowest BCUT2D eigenvalue weighted by atomic mass is 9.96. The molecule has 2 aromatic heterocycles. The second-order valence-corrected chi connectivity index (χ2v) is 5.48. The first-order chi connectivity index (χ1) is 11.5. The van der Waals surface area contributed by atoms with Crippen LogP contribution in [0.15, 0.2) is 12.7 Å². The fraction of sp³-hybridized carbons (Fsp3) is 0.538. The minimum absolute atomic E-state index is 0.0142. The number of aliphatic hydroxyl groups excluding tert-OH is 3.